The number of carbonyl (C=O) groups excluding carboxylic acids is 2. The quantitative estimate of drug-likeness (QED) is 0.901. The summed E-state index contributed by atoms with van der Waals surface area (Å²) in [4.78, 5) is 26.6. The van der Waals surface area contributed by atoms with Gasteiger partial charge in [-0.15, -0.1) is 0 Å². The molecule has 4 rings (SSSR count). The monoisotopic (exact) mass is 348 g/mol. The molecule has 2 aliphatic rings. The summed E-state index contributed by atoms with van der Waals surface area (Å²) in [5.74, 6) is 0.0622. The molecule has 1 heterocycles. The van der Waals surface area contributed by atoms with Crippen LogP contribution in [0.1, 0.15) is 52.7 Å². The number of hydrogen-bond donors (Lipinski definition) is 1. The Morgan fingerprint density at radius 3 is 2.54 bits per heavy atom. The average Bonchev–Trinajstić information content (AvgIpc) is 3.08. The standard InChI is InChI=1S/C22H24N2O2/c1-15-8-11-19(14-20(15)24-12-4-7-21(24)25)23-22(26)18-10-9-16-5-2-3-6-17(16)13-18/h8-11,13-14H,2-7,12H2,1H3,(H,23,26). The number of fused-ring (bicyclic) bond motifs is 1. The van der Waals surface area contributed by atoms with Gasteiger partial charge in [0.15, 0.2) is 0 Å². The maximum atomic E-state index is 12.7. The number of nitrogens with zero attached hydrogens (tertiary/aromatic N) is 1. The molecule has 0 unspecified atom stereocenters. The number of nitrogens with one attached hydrogen (secondary N) is 1. The van der Waals surface area contributed by atoms with E-state index in [9.17, 15) is 9.59 Å². The Balaban J connectivity index is 1.55. The second-order valence-corrected chi connectivity index (χ2v) is 7.29. The Morgan fingerprint density at radius 1 is 0.962 bits per heavy atom. The van der Waals surface area contributed by atoms with Gasteiger partial charge in [0, 0.05) is 29.9 Å². The summed E-state index contributed by atoms with van der Waals surface area (Å²) in [5.41, 5.74) is 6.05. The molecule has 2 aromatic carbocycles. The summed E-state index contributed by atoms with van der Waals surface area (Å²) in [6.07, 6.45) is 6.10. The normalized spacial score (nSPS) is 16.5. The maximum absolute atomic E-state index is 12.7. The van der Waals surface area contributed by atoms with Crippen molar-refractivity contribution in [3.8, 4) is 0 Å². The first-order chi connectivity index (χ1) is 12.6. The second kappa shape index (κ2) is 6.94. The smallest absolute Gasteiger partial charge is 0.255 e. The molecule has 2 aromatic rings. The van der Waals surface area contributed by atoms with Gasteiger partial charge in [-0.3, -0.25) is 9.59 Å². The lowest BCUT2D eigenvalue weighted by atomic mass is 9.90. The van der Waals surface area contributed by atoms with E-state index in [-0.39, 0.29) is 11.8 Å². The third-order valence-electron chi connectivity index (χ3n) is 5.44. The highest BCUT2D eigenvalue weighted by Crippen LogP contribution is 2.29. The lowest BCUT2D eigenvalue weighted by Crippen LogP contribution is -2.24. The van der Waals surface area contributed by atoms with Gasteiger partial charge >= 0.3 is 0 Å². The molecule has 134 valence electrons. The maximum Gasteiger partial charge on any atom is 0.255 e. The molecule has 0 atom stereocenters. The van der Waals surface area contributed by atoms with E-state index in [1.54, 1.807) is 0 Å². The molecule has 1 aliphatic carbocycles. The molecule has 0 bridgehead atoms. The molecule has 1 fully saturated rings. The Kier molecular flexibility index (Phi) is 4.49. The van der Waals surface area contributed by atoms with Gasteiger partial charge in [-0.05, 0) is 80.0 Å². The first-order valence-electron chi connectivity index (χ1n) is 9.46. The number of aryl methyl sites for hydroxylation is 3. The minimum absolute atomic E-state index is 0.0964. The summed E-state index contributed by atoms with van der Waals surface area (Å²) in [6, 6.07) is 11.8. The molecule has 2 amide bonds. The van der Waals surface area contributed by atoms with Crippen molar-refractivity contribution in [1.82, 2.24) is 0 Å². The highest BCUT2D eigenvalue weighted by Gasteiger charge is 2.23. The molecule has 1 saturated heterocycles. The molecule has 0 spiro atoms. The predicted molar refractivity (Wildman–Crippen MR) is 104 cm³/mol. The molecular weight excluding hydrogens is 324 g/mol. The van der Waals surface area contributed by atoms with Crippen molar-refractivity contribution >= 4 is 23.2 Å². The van der Waals surface area contributed by atoms with E-state index in [2.05, 4.69) is 11.4 Å². The van der Waals surface area contributed by atoms with Crippen molar-refractivity contribution in [2.75, 3.05) is 16.8 Å². The summed E-state index contributed by atoms with van der Waals surface area (Å²) >= 11 is 0. The van der Waals surface area contributed by atoms with E-state index in [4.69, 9.17) is 0 Å². The molecule has 26 heavy (non-hydrogen) atoms. The van der Waals surface area contributed by atoms with Gasteiger partial charge in [-0.1, -0.05) is 12.1 Å². The molecular formula is C22H24N2O2. The topological polar surface area (TPSA) is 49.4 Å². The Labute approximate surface area is 154 Å². The lowest BCUT2D eigenvalue weighted by molar-refractivity contribution is -0.117. The average molecular weight is 348 g/mol. The van der Waals surface area contributed by atoms with E-state index in [0.717, 1.165) is 42.7 Å². The van der Waals surface area contributed by atoms with E-state index in [1.165, 1.54) is 24.0 Å². The van der Waals surface area contributed by atoms with Crippen molar-refractivity contribution in [1.29, 1.82) is 0 Å². The van der Waals surface area contributed by atoms with E-state index in [1.807, 2.05) is 42.2 Å². The zero-order valence-electron chi connectivity index (χ0n) is 15.2. The lowest BCUT2D eigenvalue weighted by Gasteiger charge is -2.20. The first kappa shape index (κ1) is 16.8. The fourth-order valence-corrected chi connectivity index (χ4v) is 3.96. The molecule has 4 nitrogen and oxygen atoms in total. The van der Waals surface area contributed by atoms with Gasteiger partial charge in [0.05, 0.1) is 0 Å². The molecule has 0 saturated carbocycles. The van der Waals surface area contributed by atoms with E-state index >= 15 is 0 Å². The number of rotatable bonds is 3. The highest BCUT2D eigenvalue weighted by atomic mass is 16.2. The Morgan fingerprint density at radius 2 is 1.77 bits per heavy atom. The van der Waals surface area contributed by atoms with Crippen LogP contribution in [0.3, 0.4) is 0 Å². The molecule has 4 heteroatoms. The van der Waals surface area contributed by atoms with Crippen molar-refractivity contribution in [2.24, 2.45) is 0 Å². The van der Waals surface area contributed by atoms with Crippen LogP contribution in [0.5, 0.6) is 0 Å². The van der Waals surface area contributed by atoms with Crippen LogP contribution >= 0.6 is 0 Å². The first-order valence-corrected chi connectivity index (χ1v) is 9.46. The number of hydrogen-bond acceptors (Lipinski definition) is 2. The third-order valence-corrected chi connectivity index (χ3v) is 5.44. The molecule has 1 aliphatic heterocycles. The van der Waals surface area contributed by atoms with Gasteiger partial charge in [0.25, 0.3) is 5.91 Å². The van der Waals surface area contributed by atoms with Gasteiger partial charge in [0.1, 0.15) is 0 Å². The van der Waals surface area contributed by atoms with Gasteiger partial charge in [-0.25, -0.2) is 0 Å². The fourth-order valence-electron chi connectivity index (χ4n) is 3.96. The van der Waals surface area contributed by atoms with Crippen molar-refractivity contribution < 1.29 is 9.59 Å². The van der Waals surface area contributed by atoms with Crippen LogP contribution in [0.2, 0.25) is 0 Å². The Hall–Kier alpha value is -2.62. The molecule has 0 aromatic heterocycles. The fraction of sp³-hybridized carbons (Fsp3) is 0.364. The predicted octanol–water partition coefficient (Wildman–Crippen LogP) is 4.25. The van der Waals surface area contributed by atoms with Crippen molar-refractivity contribution in [3.63, 3.8) is 0 Å². The number of anilines is 2. The van der Waals surface area contributed by atoms with Crippen LogP contribution in [0.15, 0.2) is 36.4 Å². The zero-order chi connectivity index (χ0) is 18.1. The van der Waals surface area contributed by atoms with Crippen LogP contribution in [0.25, 0.3) is 0 Å². The third kappa shape index (κ3) is 3.24. The minimum atomic E-state index is -0.0964. The van der Waals surface area contributed by atoms with Crippen LogP contribution < -0.4 is 10.2 Å². The number of amides is 2. The number of carbonyl (C=O) groups is 2. The van der Waals surface area contributed by atoms with Crippen LogP contribution in [-0.4, -0.2) is 18.4 Å². The second-order valence-electron chi connectivity index (χ2n) is 7.29. The van der Waals surface area contributed by atoms with E-state index < -0.39 is 0 Å². The number of benzene rings is 2. The summed E-state index contributed by atoms with van der Waals surface area (Å²) in [7, 11) is 0. The van der Waals surface area contributed by atoms with Crippen LogP contribution in [-0.2, 0) is 17.6 Å². The van der Waals surface area contributed by atoms with Gasteiger partial charge < -0.3 is 10.2 Å². The minimum Gasteiger partial charge on any atom is -0.322 e. The van der Waals surface area contributed by atoms with Crippen molar-refractivity contribution in [3.05, 3.63) is 58.7 Å². The van der Waals surface area contributed by atoms with Gasteiger partial charge in [0.2, 0.25) is 5.91 Å². The van der Waals surface area contributed by atoms with Gasteiger partial charge in [-0.2, -0.15) is 0 Å². The van der Waals surface area contributed by atoms with Crippen LogP contribution in [0, 0.1) is 6.92 Å². The van der Waals surface area contributed by atoms with Crippen molar-refractivity contribution in [2.45, 2.75) is 45.4 Å². The highest BCUT2D eigenvalue weighted by molar-refractivity contribution is 6.05. The molecule has 1 N–H and O–H groups in total. The zero-order valence-corrected chi connectivity index (χ0v) is 15.2. The summed E-state index contributed by atoms with van der Waals surface area (Å²) in [6.45, 7) is 2.75. The Bertz CT molecular complexity index is 872. The van der Waals surface area contributed by atoms with Crippen LogP contribution in [0.4, 0.5) is 11.4 Å². The van der Waals surface area contributed by atoms with E-state index in [0.29, 0.717) is 12.0 Å². The SMILES string of the molecule is Cc1ccc(NC(=O)c2ccc3c(c2)CCCC3)cc1N1CCCC1=O. The summed E-state index contributed by atoms with van der Waals surface area (Å²) < 4.78 is 0. The largest absolute Gasteiger partial charge is 0.322 e. The summed E-state index contributed by atoms with van der Waals surface area (Å²) in [5, 5.41) is 2.99. The molecule has 0 radical (unpaired) electrons.